The lowest BCUT2D eigenvalue weighted by molar-refractivity contribution is 0.480. The number of halogens is 1. The number of hydrogen-bond acceptors (Lipinski definition) is 3. The second-order valence-electron chi connectivity index (χ2n) is 5.17. The highest BCUT2D eigenvalue weighted by Crippen LogP contribution is 2.30. The molecule has 1 aliphatic carbocycles. The van der Waals surface area contributed by atoms with Crippen molar-refractivity contribution >= 4 is 11.6 Å². The van der Waals surface area contributed by atoms with Crippen molar-refractivity contribution in [3.8, 4) is 11.5 Å². The average molecular weight is 289 g/mol. The number of ether oxygens (including phenoxy) is 1. The Morgan fingerprint density at radius 1 is 1.30 bits per heavy atom. The Morgan fingerprint density at radius 3 is 2.90 bits per heavy atom. The largest absolute Gasteiger partial charge is 0.456 e. The molecular formula is C16H17ClN2O. The monoisotopic (exact) mass is 288 g/mol. The van der Waals surface area contributed by atoms with E-state index in [0.29, 0.717) is 16.8 Å². The molecule has 104 valence electrons. The van der Waals surface area contributed by atoms with Crippen LogP contribution in [0.15, 0.2) is 36.5 Å². The summed E-state index contributed by atoms with van der Waals surface area (Å²) < 4.78 is 5.83. The molecule has 1 aromatic heterocycles. The lowest BCUT2D eigenvalue weighted by Gasteiger charge is -2.09. The molecule has 1 saturated carbocycles. The zero-order valence-electron chi connectivity index (χ0n) is 11.4. The van der Waals surface area contributed by atoms with Crippen LogP contribution in [0.3, 0.4) is 0 Å². The summed E-state index contributed by atoms with van der Waals surface area (Å²) in [6.45, 7) is 2.78. The number of nitrogens with zero attached hydrogens (tertiary/aromatic N) is 1. The van der Waals surface area contributed by atoms with Gasteiger partial charge in [-0.2, -0.15) is 0 Å². The van der Waals surface area contributed by atoms with Crippen LogP contribution in [0.4, 0.5) is 0 Å². The first-order valence-corrected chi connectivity index (χ1v) is 7.21. The zero-order valence-corrected chi connectivity index (χ0v) is 12.2. The van der Waals surface area contributed by atoms with Gasteiger partial charge in [0.15, 0.2) is 0 Å². The highest BCUT2D eigenvalue weighted by Gasteiger charge is 2.20. The molecule has 0 saturated heterocycles. The predicted molar refractivity (Wildman–Crippen MR) is 80.4 cm³/mol. The Balaban J connectivity index is 1.70. The van der Waals surface area contributed by atoms with Crippen molar-refractivity contribution in [2.45, 2.75) is 32.4 Å². The van der Waals surface area contributed by atoms with E-state index in [1.54, 1.807) is 6.20 Å². The van der Waals surface area contributed by atoms with Crippen LogP contribution in [0.1, 0.15) is 24.1 Å². The molecule has 0 radical (unpaired) electrons. The van der Waals surface area contributed by atoms with E-state index >= 15 is 0 Å². The first kappa shape index (κ1) is 13.4. The fourth-order valence-corrected chi connectivity index (χ4v) is 2.24. The minimum absolute atomic E-state index is 0.625. The van der Waals surface area contributed by atoms with Crippen molar-refractivity contribution < 1.29 is 4.74 Å². The second kappa shape index (κ2) is 5.81. The summed E-state index contributed by atoms with van der Waals surface area (Å²) in [5.41, 5.74) is 2.10. The van der Waals surface area contributed by atoms with Gasteiger partial charge in [-0.25, -0.2) is 0 Å². The molecule has 3 rings (SSSR count). The number of hydrogen-bond donors (Lipinski definition) is 1. The third-order valence-electron chi connectivity index (χ3n) is 3.25. The van der Waals surface area contributed by atoms with Crippen molar-refractivity contribution in [1.82, 2.24) is 10.3 Å². The Bertz CT molecular complexity index is 611. The molecule has 1 N–H and O–H groups in total. The first-order valence-electron chi connectivity index (χ1n) is 6.83. The topological polar surface area (TPSA) is 34.1 Å². The van der Waals surface area contributed by atoms with E-state index in [4.69, 9.17) is 16.3 Å². The minimum Gasteiger partial charge on any atom is -0.456 e. The fourth-order valence-electron chi connectivity index (χ4n) is 1.97. The van der Waals surface area contributed by atoms with Gasteiger partial charge < -0.3 is 10.1 Å². The van der Waals surface area contributed by atoms with Gasteiger partial charge in [-0.1, -0.05) is 17.7 Å². The average Bonchev–Trinajstić information content (AvgIpc) is 3.24. The van der Waals surface area contributed by atoms with Crippen molar-refractivity contribution in [2.24, 2.45) is 0 Å². The smallest absolute Gasteiger partial charge is 0.146 e. The number of nitrogens with one attached hydrogen (secondary N) is 1. The van der Waals surface area contributed by atoms with Crippen LogP contribution < -0.4 is 10.1 Å². The van der Waals surface area contributed by atoms with Crippen molar-refractivity contribution in [3.05, 3.63) is 52.8 Å². The van der Waals surface area contributed by atoms with Gasteiger partial charge in [-0.3, -0.25) is 4.98 Å². The van der Waals surface area contributed by atoms with Gasteiger partial charge in [0.25, 0.3) is 0 Å². The van der Waals surface area contributed by atoms with Crippen LogP contribution in [-0.4, -0.2) is 11.0 Å². The van der Waals surface area contributed by atoms with E-state index in [0.717, 1.165) is 23.6 Å². The SMILES string of the molecule is Cc1ccc(Oc2ccnc(CNC3CC3)c2)c(Cl)c1. The van der Waals surface area contributed by atoms with Crippen LogP contribution in [-0.2, 0) is 6.54 Å². The van der Waals surface area contributed by atoms with Crippen LogP contribution in [0.5, 0.6) is 11.5 Å². The molecule has 0 unspecified atom stereocenters. The summed E-state index contributed by atoms with van der Waals surface area (Å²) in [6, 6.07) is 10.2. The van der Waals surface area contributed by atoms with E-state index in [-0.39, 0.29) is 0 Å². The van der Waals surface area contributed by atoms with E-state index in [1.807, 2.05) is 37.3 Å². The molecule has 1 aromatic carbocycles. The molecule has 1 aliphatic rings. The third-order valence-corrected chi connectivity index (χ3v) is 3.55. The molecule has 0 spiro atoms. The first-order chi connectivity index (χ1) is 9.70. The van der Waals surface area contributed by atoms with Gasteiger partial charge in [-0.05, 0) is 43.5 Å². The highest BCUT2D eigenvalue weighted by atomic mass is 35.5. The molecule has 0 amide bonds. The Kier molecular flexibility index (Phi) is 3.90. The third kappa shape index (κ3) is 3.50. The number of aromatic nitrogens is 1. The van der Waals surface area contributed by atoms with Gasteiger partial charge >= 0.3 is 0 Å². The highest BCUT2D eigenvalue weighted by molar-refractivity contribution is 6.32. The van der Waals surface area contributed by atoms with Crippen LogP contribution in [0, 0.1) is 6.92 Å². The molecular weight excluding hydrogens is 272 g/mol. The maximum atomic E-state index is 6.18. The molecule has 1 heterocycles. The molecule has 4 heteroatoms. The predicted octanol–water partition coefficient (Wildman–Crippen LogP) is 4.09. The Hall–Kier alpha value is -1.58. The summed E-state index contributed by atoms with van der Waals surface area (Å²) in [6.07, 6.45) is 4.31. The lowest BCUT2D eigenvalue weighted by atomic mass is 10.2. The van der Waals surface area contributed by atoms with E-state index in [2.05, 4.69) is 10.3 Å². The Labute approximate surface area is 123 Å². The van der Waals surface area contributed by atoms with Crippen molar-refractivity contribution in [2.75, 3.05) is 0 Å². The molecule has 20 heavy (non-hydrogen) atoms. The van der Waals surface area contributed by atoms with Gasteiger partial charge in [-0.15, -0.1) is 0 Å². The van der Waals surface area contributed by atoms with E-state index in [9.17, 15) is 0 Å². The fraction of sp³-hybridized carbons (Fsp3) is 0.312. The summed E-state index contributed by atoms with van der Waals surface area (Å²) in [4.78, 5) is 4.34. The number of rotatable bonds is 5. The standard InChI is InChI=1S/C16H17ClN2O/c1-11-2-5-16(15(17)8-11)20-14-6-7-18-13(9-14)10-19-12-3-4-12/h2,5-9,12,19H,3-4,10H2,1H3. The van der Waals surface area contributed by atoms with Crippen LogP contribution in [0.2, 0.25) is 5.02 Å². The molecule has 0 aliphatic heterocycles. The molecule has 0 bridgehead atoms. The maximum Gasteiger partial charge on any atom is 0.146 e. The molecule has 3 nitrogen and oxygen atoms in total. The second-order valence-corrected chi connectivity index (χ2v) is 5.58. The van der Waals surface area contributed by atoms with Gasteiger partial charge in [0.2, 0.25) is 0 Å². The summed E-state index contributed by atoms with van der Waals surface area (Å²) in [5, 5.41) is 4.06. The van der Waals surface area contributed by atoms with Crippen molar-refractivity contribution in [3.63, 3.8) is 0 Å². The number of aryl methyl sites for hydroxylation is 1. The van der Waals surface area contributed by atoms with Crippen LogP contribution in [0.25, 0.3) is 0 Å². The molecule has 1 fully saturated rings. The van der Waals surface area contributed by atoms with E-state index in [1.165, 1.54) is 12.8 Å². The summed E-state index contributed by atoms with van der Waals surface area (Å²) in [5.74, 6) is 1.43. The van der Waals surface area contributed by atoms with Gasteiger partial charge in [0, 0.05) is 24.8 Å². The number of pyridine rings is 1. The van der Waals surface area contributed by atoms with Crippen molar-refractivity contribution in [1.29, 1.82) is 0 Å². The molecule has 2 aromatic rings. The lowest BCUT2D eigenvalue weighted by Crippen LogP contribution is -2.16. The van der Waals surface area contributed by atoms with Gasteiger partial charge in [0.1, 0.15) is 11.5 Å². The van der Waals surface area contributed by atoms with E-state index < -0.39 is 0 Å². The summed E-state index contributed by atoms with van der Waals surface area (Å²) in [7, 11) is 0. The minimum atomic E-state index is 0.625. The number of benzene rings is 1. The van der Waals surface area contributed by atoms with Crippen LogP contribution >= 0.6 is 11.6 Å². The quantitative estimate of drug-likeness (QED) is 0.900. The molecule has 0 atom stereocenters. The zero-order chi connectivity index (χ0) is 13.9. The normalized spacial score (nSPS) is 14.3. The summed E-state index contributed by atoms with van der Waals surface area (Å²) >= 11 is 6.18. The van der Waals surface area contributed by atoms with Gasteiger partial charge in [0.05, 0.1) is 10.7 Å². The maximum absolute atomic E-state index is 6.18. The Morgan fingerprint density at radius 2 is 2.15 bits per heavy atom.